The van der Waals surface area contributed by atoms with Crippen LogP contribution in [0, 0.1) is 19.8 Å². The number of benzene rings is 2. The molecule has 164 valence electrons. The third-order valence-corrected chi connectivity index (χ3v) is 8.00. The highest BCUT2D eigenvalue weighted by atomic mass is 32.2. The van der Waals surface area contributed by atoms with Crippen LogP contribution in [0.25, 0.3) is 10.2 Å². The maximum absolute atomic E-state index is 13.7. The summed E-state index contributed by atoms with van der Waals surface area (Å²) in [5.74, 6) is -0.437. The molecule has 2 aromatic carbocycles. The monoisotopic (exact) mass is 457 g/mol. The van der Waals surface area contributed by atoms with Gasteiger partial charge in [0.15, 0.2) is 5.13 Å². The van der Waals surface area contributed by atoms with Crippen LogP contribution in [0.1, 0.15) is 29.5 Å². The molecular weight excluding hydrogens is 430 g/mol. The second-order valence-electron chi connectivity index (χ2n) is 8.30. The number of aryl methyl sites for hydroxylation is 2. The molecule has 31 heavy (non-hydrogen) atoms. The molecule has 0 N–H and O–H groups in total. The van der Waals surface area contributed by atoms with Gasteiger partial charge in [0.05, 0.1) is 28.9 Å². The van der Waals surface area contributed by atoms with E-state index in [0.717, 1.165) is 26.9 Å². The van der Waals surface area contributed by atoms with Crippen molar-refractivity contribution >= 4 is 42.6 Å². The minimum atomic E-state index is -3.32. The van der Waals surface area contributed by atoms with Gasteiger partial charge in [0.25, 0.3) is 0 Å². The van der Waals surface area contributed by atoms with Crippen molar-refractivity contribution in [1.29, 1.82) is 0 Å². The number of aromatic nitrogens is 1. The minimum Gasteiger partial charge on any atom is -0.283 e. The lowest BCUT2D eigenvalue weighted by Crippen LogP contribution is -2.46. The van der Waals surface area contributed by atoms with E-state index in [1.54, 1.807) is 4.90 Å². The number of carbonyl (C=O) groups is 1. The number of hydrogen-bond acceptors (Lipinski definition) is 5. The molecule has 1 saturated heterocycles. The third-order valence-electron chi connectivity index (χ3n) is 5.70. The van der Waals surface area contributed by atoms with Crippen LogP contribution in [0.5, 0.6) is 0 Å². The van der Waals surface area contributed by atoms with Gasteiger partial charge in [-0.1, -0.05) is 47.7 Å². The quantitative estimate of drug-likeness (QED) is 0.578. The highest BCUT2D eigenvalue weighted by molar-refractivity contribution is 7.88. The Hall–Kier alpha value is -2.29. The van der Waals surface area contributed by atoms with Crippen LogP contribution in [-0.4, -0.2) is 43.0 Å². The summed E-state index contributed by atoms with van der Waals surface area (Å²) in [7, 11) is -3.32. The number of amides is 1. The van der Waals surface area contributed by atoms with E-state index in [1.807, 2.05) is 37.3 Å². The number of sulfonamides is 1. The van der Waals surface area contributed by atoms with E-state index < -0.39 is 10.0 Å². The molecule has 6 nitrogen and oxygen atoms in total. The Bertz CT molecular complexity index is 1210. The maximum Gasteiger partial charge on any atom is 0.233 e. The standard InChI is InChI=1S/C23H27N3O3S2/c1-16-12-17(2)21-20(13-16)30-23(24-21)26(14-18-8-5-4-6-9-18)22(27)19-10-7-11-25(15-19)31(3,28)29/h4-6,8-9,12-13,19H,7,10-11,14-15H2,1-3H3/t19-/m0/s1. The van der Waals surface area contributed by atoms with E-state index in [9.17, 15) is 13.2 Å². The number of anilines is 1. The van der Waals surface area contributed by atoms with Gasteiger partial charge < -0.3 is 0 Å². The summed E-state index contributed by atoms with van der Waals surface area (Å²) < 4.78 is 26.6. The van der Waals surface area contributed by atoms with Crippen LogP contribution in [0.4, 0.5) is 5.13 Å². The fourth-order valence-corrected chi connectivity index (χ4v) is 6.20. The van der Waals surface area contributed by atoms with Crippen LogP contribution >= 0.6 is 11.3 Å². The van der Waals surface area contributed by atoms with Crippen LogP contribution < -0.4 is 4.90 Å². The number of thiazole rings is 1. The molecule has 1 aromatic heterocycles. The molecule has 0 aliphatic carbocycles. The normalized spacial score (nSPS) is 17.7. The van der Waals surface area contributed by atoms with Crippen molar-refractivity contribution in [3.63, 3.8) is 0 Å². The molecule has 1 amide bonds. The summed E-state index contributed by atoms with van der Waals surface area (Å²) >= 11 is 1.51. The van der Waals surface area contributed by atoms with E-state index in [2.05, 4.69) is 19.1 Å². The number of carbonyl (C=O) groups excluding carboxylic acids is 1. The van der Waals surface area contributed by atoms with E-state index in [-0.39, 0.29) is 18.4 Å². The van der Waals surface area contributed by atoms with Crippen LogP contribution in [0.15, 0.2) is 42.5 Å². The number of rotatable bonds is 5. The van der Waals surface area contributed by atoms with Gasteiger partial charge in [0, 0.05) is 13.1 Å². The zero-order valence-corrected chi connectivity index (χ0v) is 19.7. The summed E-state index contributed by atoms with van der Waals surface area (Å²) in [6.45, 7) is 5.20. The van der Waals surface area contributed by atoms with Crippen molar-refractivity contribution in [1.82, 2.24) is 9.29 Å². The molecule has 1 aliphatic heterocycles. The first-order valence-electron chi connectivity index (χ1n) is 10.4. The molecule has 1 fully saturated rings. The Morgan fingerprint density at radius 3 is 2.68 bits per heavy atom. The fraction of sp³-hybridized carbons (Fsp3) is 0.391. The largest absolute Gasteiger partial charge is 0.283 e. The molecule has 0 unspecified atom stereocenters. The van der Waals surface area contributed by atoms with Crippen LogP contribution in [0.3, 0.4) is 0 Å². The van der Waals surface area contributed by atoms with Crippen molar-refractivity contribution < 1.29 is 13.2 Å². The number of piperidine rings is 1. The van der Waals surface area contributed by atoms with E-state index in [1.165, 1.54) is 21.9 Å². The Kier molecular flexibility index (Phi) is 6.14. The third kappa shape index (κ3) is 4.81. The predicted octanol–water partition coefficient (Wildman–Crippen LogP) is 4.12. The van der Waals surface area contributed by atoms with Gasteiger partial charge in [0.2, 0.25) is 15.9 Å². The van der Waals surface area contributed by atoms with Gasteiger partial charge in [-0.05, 0) is 49.4 Å². The zero-order chi connectivity index (χ0) is 22.2. The topological polar surface area (TPSA) is 70.6 Å². The molecule has 0 bridgehead atoms. The van der Waals surface area contributed by atoms with Crippen LogP contribution in [0.2, 0.25) is 0 Å². The second-order valence-corrected chi connectivity index (χ2v) is 11.3. The van der Waals surface area contributed by atoms with Crippen LogP contribution in [-0.2, 0) is 21.4 Å². The minimum absolute atomic E-state index is 0.0642. The number of nitrogens with zero attached hydrogens (tertiary/aromatic N) is 3. The van der Waals surface area contributed by atoms with Gasteiger partial charge in [0.1, 0.15) is 0 Å². The molecule has 1 atom stereocenters. The molecule has 1 aliphatic rings. The highest BCUT2D eigenvalue weighted by Gasteiger charge is 2.34. The predicted molar refractivity (Wildman–Crippen MR) is 126 cm³/mol. The van der Waals surface area contributed by atoms with E-state index in [0.29, 0.717) is 31.1 Å². The zero-order valence-electron chi connectivity index (χ0n) is 18.0. The molecular formula is C23H27N3O3S2. The summed E-state index contributed by atoms with van der Waals surface area (Å²) in [5, 5.41) is 0.661. The molecule has 2 heterocycles. The summed E-state index contributed by atoms with van der Waals surface area (Å²) in [5.41, 5.74) is 4.18. The smallest absolute Gasteiger partial charge is 0.233 e. The van der Waals surface area contributed by atoms with Gasteiger partial charge in [-0.3, -0.25) is 9.69 Å². The van der Waals surface area contributed by atoms with E-state index >= 15 is 0 Å². The Morgan fingerprint density at radius 1 is 1.23 bits per heavy atom. The molecule has 0 radical (unpaired) electrons. The summed E-state index contributed by atoms with van der Waals surface area (Å²) in [6, 6.07) is 14.0. The molecule has 8 heteroatoms. The van der Waals surface area contributed by atoms with Crippen molar-refractivity contribution in [3.05, 3.63) is 59.2 Å². The molecule has 0 saturated carbocycles. The van der Waals surface area contributed by atoms with Gasteiger partial charge in [-0.2, -0.15) is 0 Å². The SMILES string of the molecule is Cc1cc(C)c2nc(N(Cc3ccccc3)C(=O)[C@H]3CCCN(S(C)(=O)=O)C3)sc2c1. The van der Waals surface area contributed by atoms with Crippen molar-refractivity contribution in [2.24, 2.45) is 5.92 Å². The Labute approximate surface area is 187 Å². The molecule has 0 spiro atoms. The first-order valence-corrected chi connectivity index (χ1v) is 13.1. The fourth-order valence-electron chi connectivity index (χ4n) is 4.15. The number of hydrogen-bond donors (Lipinski definition) is 0. The average molecular weight is 458 g/mol. The molecule has 3 aromatic rings. The first-order chi connectivity index (χ1) is 14.7. The average Bonchev–Trinajstić information content (AvgIpc) is 3.16. The summed E-state index contributed by atoms with van der Waals surface area (Å²) in [4.78, 5) is 20.2. The summed E-state index contributed by atoms with van der Waals surface area (Å²) in [6.07, 6.45) is 2.57. The Balaban J connectivity index is 1.71. The second kappa shape index (κ2) is 8.68. The van der Waals surface area contributed by atoms with Gasteiger partial charge in [-0.25, -0.2) is 17.7 Å². The van der Waals surface area contributed by atoms with Crippen molar-refractivity contribution in [2.75, 3.05) is 24.2 Å². The first kappa shape index (κ1) is 21.9. The van der Waals surface area contributed by atoms with E-state index in [4.69, 9.17) is 4.98 Å². The maximum atomic E-state index is 13.7. The highest BCUT2D eigenvalue weighted by Crippen LogP contribution is 2.34. The van der Waals surface area contributed by atoms with Crippen molar-refractivity contribution in [3.8, 4) is 0 Å². The van der Waals surface area contributed by atoms with Gasteiger partial charge in [-0.15, -0.1) is 0 Å². The lowest BCUT2D eigenvalue weighted by Gasteiger charge is -2.33. The van der Waals surface area contributed by atoms with Gasteiger partial charge >= 0.3 is 0 Å². The Morgan fingerprint density at radius 2 is 1.97 bits per heavy atom. The lowest BCUT2D eigenvalue weighted by atomic mass is 9.98. The molecule has 4 rings (SSSR count). The number of fused-ring (bicyclic) bond motifs is 1. The lowest BCUT2D eigenvalue weighted by molar-refractivity contribution is -0.123. The van der Waals surface area contributed by atoms with Crippen molar-refractivity contribution in [2.45, 2.75) is 33.2 Å².